The second-order valence-electron chi connectivity index (χ2n) is 11.9. The molecule has 4 heterocycles. The Balaban J connectivity index is 1.19. The third-order valence-electron chi connectivity index (χ3n) is 9.14. The monoisotopic (exact) mass is 624 g/mol. The number of amides is 2. The molecule has 4 N–H and O–H groups in total. The number of imide groups is 1. The largest absolute Gasteiger partial charge is 0.490 e. The molecule has 0 bridgehead atoms. The number of carbonyl (C=O) groups excluding carboxylic acids is 3. The third-order valence-corrected chi connectivity index (χ3v) is 9.14. The summed E-state index contributed by atoms with van der Waals surface area (Å²) in [6, 6.07) is 13.9. The van der Waals surface area contributed by atoms with Crippen molar-refractivity contribution in [3.63, 3.8) is 0 Å². The van der Waals surface area contributed by atoms with Crippen molar-refractivity contribution < 1.29 is 29.0 Å². The van der Waals surface area contributed by atoms with E-state index in [0.717, 1.165) is 47.0 Å². The number of aromatic nitrogens is 3. The van der Waals surface area contributed by atoms with Crippen molar-refractivity contribution in [1.82, 2.24) is 25.4 Å². The number of piperidine rings is 1. The minimum absolute atomic E-state index is 0.00158. The zero-order valence-electron chi connectivity index (χ0n) is 25.8. The molecular weight excluding hydrogens is 588 g/mol. The minimum atomic E-state index is -1.10. The summed E-state index contributed by atoms with van der Waals surface area (Å²) < 4.78 is 8.21. The maximum absolute atomic E-state index is 12.5. The molecule has 0 unspecified atom stereocenters. The molecule has 2 amide bonds. The van der Waals surface area contributed by atoms with E-state index in [1.807, 2.05) is 50.2 Å². The number of pyridine rings is 1. The molecule has 2 fully saturated rings. The topological polar surface area (TPSA) is 165 Å². The van der Waals surface area contributed by atoms with E-state index < -0.39 is 17.9 Å². The smallest absolute Gasteiger partial charge is 0.355 e. The van der Waals surface area contributed by atoms with Gasteiger partial charge in [0.25, 0.3) is 0 Å². The molecule has 2 aliphatic heterocycles. The first-order valence-corrected chi connectivity index (χ1v) is 15.4. The standard InChI is InChI=1S/C34H36N6O6/c1-18-21(23-7-5-14-35-32(23)34(44)45)6-4-8-28(18)46-19(2)22-13-15-36-31(22)26(17-41)37-20-9-10-24-27(16-20)40(3)39-30(24)25-11-12-29(42)38-33(25)43/h4-10,14,16-17,19,22,25-26,31,36-37H,11-13,15H2,1-3H3,(H,44,45)(H,38,42,43)/t19-,22+,25-,26+,31-/m0/s1. The summed E-state index contributed by atoms with van der Waals surface area (Å²) in [6.07, 6.45) is 3.60. The van der Waals surface area contributed by atoms with Gasteiger partial charge in [-0.25, -0.2) is 9.78 Å². The van der Waals surface area contributed by atoms with Crippen LogP contribution in [-0.4, -0.2) is 68.7 Å². The van der Waals surface area contributed by atoms with E-state index in [1.54, 1.807) is 23.9 Å². The van der Waals surface area contributed by atoms with Crippen LogP contribution in [-0.2, 0) is 21.4 Å². The van der Waals surface area contributed by atoms with Gasteiger partial charge in [0.15, 0.2) is 5.69 Å². The number of fused-ring (bicyclic) bond motifs is 1. The summed E-state index contributed by atoms with van der Waals surface area (Å²) in [5.41, 5.74) is 4.20. The number of hydrogen-bond donors (Lipinski definition) is 4. The van der Waals surface area contributed by atoms with Crippen molar-refractivity contribution in [2.45, 2.75) is 57.2 Å². The lowest BCUT2D eigenvalue weighted by molar-refractivity contribution is -0.134. The molecule has 5 atom stereocenters. The second kappa shape index (κ2) is 12.7. The Kier molecular flexibility index (Phi) is 8.55. The molecule has 0 aliphatic carbocycles. The van der Waals surface area contributed by atoms with Crippen molar-refractivity contribution >= 4 is 40.7 Å². The molecule has 12 heteroatoms. The fourth-order valence-corrected chi connectivity index (χ4v) is 6.77. The van der Waals surface area contributed by atoms with Crippen LogP contribution in [0.2, 0.25) is 0 Å². The first kappa shape index (κ1) is 30.9. The van der Waals surface area contributed by atoms with Crippen LogP contribution in [0.15, 0.2) is 54.7 Å². The minimum Gasteiger partial charge on any atom is -0.490 e. The Morgan fingerprint density at radius 1 is 1.15 bits per heavy atom. The Morgan fingerprint density at radius 2 is 1.96 bits per heavy atom. The number of nitrogens with zero attached hydrogens (tertiary/aromatic N) is 3. The normalized spacial score (nSPS) is 21.1. The van der Waals surface area contributed by atoms with E-state index in [9.17, 15) is 24.3 Å². The average Bonchev–Trinajstić information content (AvgIpc) is 3.66. The predicted molar refractivity (Wildman–Crippen MR) is 171 cm³/mol. The molecule has 0 saturated carbocycles. The van der Waals surface area contributed by atoms with Crippen LogP contribution in [0.25, 0.3) is 22.0 Å². The molecular formula is C34H36N6O6. The molecule has 2 aromatic carbocycles. The van der Waals surface area contributed by atoms with Gasteiger partial charge in [0, 0.05) is 48.3 Å². The quantitative estimate of drug-likeness (QED) is 0.151. The molecule has 238 valence electrons. The third kappa shape index (κ3) is 5.83. The van der Waals surface area contributed by atoms with Crippen molar-refractivity contribution in [2.24, 2.45) is 13.0 Å². The van der Waals surface area contributed by atoms with Crippen LogP contribution >= 0.6 is 0 Å². The molecule has 46 heavy (non-hydrogen) atoms. The first-order valence-electron chi connectivity index (χ1n) is 15.4. The van der Waals surface area contributed by atoms with Crippen LogP contribution in [0.5, 0.6) is 5.75 Å². The summed E-state index contributed by atoms with van der Waals surface area (Å²) in [6.45, 7) is 4.61. The summed E-state index contributed by atoms with van der Waals surface area (Å²) in [4.78, 5) is 52.5. The van der Waals surface area contributed by atoms with Crippen LogP contribution in [0, 0.1) is 12.8 Å². The highest BCUT2D eigenvalue weighted by atomic mass is 16.5. The summed E-state index contributed by atoms with van der Waals surface area (Å²) in [5, 5.41) is 24.4. The Hall–Kier alpha value is -5.10. The number of benzene rings is 2. The van der Waals surface area contributed by atoms with Gasteiger partial charge in [0.05, 0.1) is 23.2 Å². The number of carbonyl (C=O) groups is 4. The van der Waals surface area contributed by atoms with Crippen molar-refractivity contribution in [3.8, 4) is 16.9 Å². The maximum Gasteiger partial charge on any atom is 0.355 e. The highest BCUT2D eigenvalue weighted by Gasteiger charge is 2.38. The van der Waals surface area contributed by atoms with E-state index in [0.29, 0.717) is 23.4 Å². The molecule has 2 aromatic heterocycles. The first-order chi connectivity index (χ1) is 22.2. The number of nitrogens with one attached hydrogen (secondary N) is 3. The molecule has 0 spiro atoms. The maximum atomic E-state index is 12.5. The van der Waals surface area contributed by atoms with E-state index in [4.69, 9.17) is 4.74 Å². The summed E-state index contributed by atoms with van der Waals surface area (Å²) >= 11 is 0. The lowest BCUT2D eigenvalue weighted by Crippen LogP contribution is -2.48. The average molecular weight is 625 g/mol. The van der Waals surface area contributed by atoms with Crippen molar-refractivity contribution in [1.29, 1.82) is 0 Å². The zero-order valence-corrected chi connectivity index (χ0v) is 25.8. The van der Waals surface area contributed by atoms with E-state index >= 15 is 0 Å². The molecule has 4 aromatic rings. The molecule has 0 radical (unpaired) electrons. The number of anilines is 1. The Bertz CT molecular complexity index is 1840. The Labute approximate surface area is 265 Å². The van der Waals surface area contributed by atoms with Gasteiger partial charge in [0.2, 0.25) is 11.8 Å². The number of aldehydes is 1. The fourth-order valence-electron chi connectivity index (χ4n) is 6.77. The SMILES string of the molecule is Cc1c(O[C@@H](C)[C@H]2CCN[C@@H]2[C@@H](C=O)Nc2ccc3c([C@@H]4CCC(=O)NC4=O)nn(C)c3c2)cccc1-c1cccnc1C(=O)O. The predicted octanol–water partition coefficient (Wildman–Crippen LogP) is 3.59. The number of ether oxygens (including phenoxy) is 1. The molecule has 6 rings (SSSR count). The highest BCUT2D eigenvalue weighted by Crippen LogP contribution is 2.35. The highest BCUT2D eigenvalue weighted by molar-refractivity contribution is 6.02. The van der Waals surface area contributed by atoms with Crippen molar-refractivity contribution in [2.75, 3.05) is 11.9 Å². The van der Waals surface area contributed by atoms with E-state index in [-0.39, 0.29) is 42.0 Å². The summed E-state index contributed by atoms with van der Waals surface area (Å²) in [5.74, 6) is -1.56. The summed E-state index contributed by atoms with van der Waals surface area (Å²) in [7, 11) is 1.81. The van der Waals surface area contributed by atoms with Crippen LogP contribution in [0.1, 0.15) is 53.8 Å². The number of aromatic carboxylic acids is 1. The molecule has 2 aliphatic rings. The van der Waals surface area contributed by atoms with Crippen LogP contribution < -0.4 is 20.7 Å². The number of aryl methyl sites for hydroxylation is 1. The number of carboxylic acids is 1. The van der Waals surface area contributed by atoms with Gasteiger partial charge >= 0.3 is 5.97 Å². The molecule has 2 saturated heterocycles. The van der Waals surface area contributed by atoms with Gasteiger partial charge in [-0.2, -0.15) is 5.10 Å². The van der Waals surface area contributed by atoms with Crippen molar-refractivity contribution in [3.05, 3.63) is 71.7 Å². The second-order valence-corrected chi connectivity index (χ2v) is 11.9. The van der Waals surface area contributed by atoms with Gasteiger partial charge in [-0.15, -0.1) is 0 Å². The van der Waals surface area contributed by atoms with Gasteiger partial charge < -0.3 is 25.3 Å². The lowest BCUT2D eigenvalue weighted by atomic mass is 9.90. The zero-order chi connectivity index (χ0) is 32.5. The van der Waals surface area contributed by atoms with E-state index in [1.165, 1.54) is 6.20 Å². The van der Waals surface area contributed by atoms with Gasteiger partial charge in [-0.1, -0.05) is 18.2 Å². The van der Waals surface area contributed by atoms with Gasteiger partial charge in [-0.05, 0) is 74.7 Å². The number of carboxylic acid groups (broad SMARTS) is 1. The fraction of sp³-hybridized carbons (Fsp3) is 0.353. The Morgan fingerprint density at radius 3 is 2.72 bits per heavy atom. The van der Waals surface area contributed by atoms with Gasteiger partial charge in [-0.3, -0.25) is 19.6 Å². The molecule has 12 nitrogen and oxygen atoms in total. The van der Waals surface area contributed by atoms with Crippen LogP contribution in [0.4, 0.5) is 5.69 Å². The number of hydrogen-bond acceptors (Lipinski definition) is 9. The van der Waals surface area contributed by atoms with Gasteiger partial charge in [0.1, 0.15) is 18.1 Å². The number of rotatable bonds is 10. The lowest BCUT2D eigenvalue weighted by Gasteiger charge is -2.31. The van der Waals surface area contributed by atoms with E-state index in [2.05, 4.69) is 26.0 Å². The van der Waals surface area contributed by atoms with Crippen LogP contribution in [0.3, 0.4) is 0 Å².